The van der Waals surface area contributed by atoms with Crippen LogP contribution in [0.1, 0.15) is 24.0 Å². The molecule has 11 heteroatoms. The topological polar surface area (TPSA) is 87.7 Å². The van der Waals surface area contributed by atoms with Gasteiger partial charge in [-0.25, -0.2) is 13.2 Å². The normalized spacial score (nSPS) is 19.8. The number of sulfonamides is 1. The molecule has 2 aliphatic rings. The zero-order valence-corrected chi connectivity index (χ0v) is 15.9. The summed E-state index contributed by atoms with van der Waals surface area (Å²) in [7, 11) is -3.56. The predicted octanol–water partition coefficient (Wildman–Crippen LogP) is 1.74. The number of morpholine rings is 1. The van der Waals surface area contributed by atoms with Crippen LogP contribution in [-0.2, 0) is 27.1 Å². The van der Waals surface area contributed by atoms with Gasteiger partial charge in [0.2, 0.25) is 10.0 Å². The van der Waals surface area contributed by atoms with E-state index in [9.17, 15) is 26.4 Å². The van der Waals surface area contributed by atoms with Crippen LogP contribution in [0.3, 0.4) is 0 Å². The number of ether oxygens (including phenoxy) is 1. The van der Waals surface area contributed by atoms with Gasteiger partial charge in [-0.05, 0) is 24.0 Å². The van der Waals surface area contributed by atoms with Gasteiger partial charge in [0.15, 0.2) is 0 Å². The van der Waals surface area contributed by atoms with Gasteiger partial charge >= 0.3 is 12.2 Å². The van der Waals surface area contributed by atoms with Crippen molar-refractivity contribution in [2.45, 2.75) is 36.9 Å². The van der Waals surface area contributed by atoms with Crippen molar-refractivity contribution in [3.63, 3.8) is 0 Å². The van der Waals surface area contributed by atoms with Crippen molar-refractivity contribution in [3.05, 3.63) is 35.4 Å². The number of benzene rings is 1. The van der Waals surface area contributed by atoms with Crippen molar-refractivity contribution < 1.29 is 31.1 Å². The maximum absolute atomic E-state index is 12.9. The Hall–Kier alpha value is -1.85. The average Bonchev–Trinajstić information content (AvgIpc) is 3.42. The van der Waals surface area contributed by atoms with Crippen LogP contribution in [0.15, 0.2) is 24.3 Å². The number of nitrogens with one attached hydrogen (secondary N) is 2. The molecule has 1 aliphatic carbocycles. The Labute approximate surface area is 161 Å². The highest BCUT2D eigenvalue weighted by Gasteiger charge is 2.64. The van der Waals surface area contributed by atoms with E-state index < -0.39 is 27.8 Å². The van der Waals surface area contributed by atoms with E-state index >= 15 is 0 Å². The summed E-state index contributed by atoms with van der Waals surface area (Å²) in [5, 5.41) is 4.38. The summed E-state index contributed by atoms with van der Waals surface area (Å²) < 4.78 is 70.5. The molecule has 1 heterocycles. The second-order valence-electron chi connectivity index (χ2n) is 6.92. The molecule has 1 saturated heterocycles. The minimum absolute atomic E-state index is 0.0748. The number of amides is 2. The molecule has 2 N–H and O–H groups in total. The van der Waals surface area contributed by atoms with Crippen LogP contribution in [0.2, 0.25) is 0 Å². The first-order valence-electron chi connectivity index (χ1n) is 8.88. The van der Waals surface area contributed by atoms with E-state index in [4.69, 9.17) is 4.74 Å². The van der Waals surface area contributed by atoms with Crippen LogP contribution in [0, 0.1) is 0 Å². The third-order valence-electron chi connectivity index (χ3n) is 4.90. The quantitative estimate of drug-likeness (QED) is 0.733. The lowest BCUT2D eigenvalue weighted by Gasteiger charge is -2.26. The second-order valence-corrected chi connectivity index (χ2v) is 8.89. The van der Waals surface area contributed by atoms with Gasteiger partial charge in [0.25, 0.3) is 0 Å². The number of hydrogen-bond donors (Lipinski definition) is 2. The third kappa shape index (κ3) is 4.76. The molecule has 28 heavy (non-hydrogen) atoms. The Bertz CT molecular complexity index is 819. The summed E-state index contributed by atoms with van der Waals surface area (Å²) in [6.45, 7) is 1.16. The highest BCUT2D eigenvalue weighted by Crippen LogP contribution is 2.48. The van der Waals surface area contributed by atoms with Crippen LogP contribution in [0.4, 0.5) is 18.0 Å². The van der Waals surface area contributed by atoms with Gasteiger partial charge in [-0.3, -0.25) is 0 Å². The van der Waals surface area contributed by atoms with Crippen molar-refractivity contribution in [2.24, 2.45) is 0 Å². The molecule has 3 rings (SSSR count). The summed E-state index contributed by atoms with van der Waals surface area (Å²) in [5.74, 6) is -0.251. The van der Waals surface area contributed by atoms with Crippen LogP contribution >= 0.6 is 0 Å². The largest absolute Gasteiger partial charge is 0.411 e. The summed E-state index contributed by atoms with van der Waals surface area (Å²) in [6, 6.07) is 5.70. The second kappa shape index (κ2) is 7.88. The summed E-state index contributed by atoms with van der Waals surface area (Å²) in [6.07, 6.45) is -4.77. The van der Waals surface area contributed by atoms with Gasteiger partial charge in [-0.15, -0.1) is 0 Å². The number of nitrogens with zero attached hydrogens (tertiary/aromatic N) is 1. The Balaban J connectivity index is 1.62. The smallest absolute Gasteiger partial charge is 0.379 e. The van der Waals surface area contributed by atoms with Gasteiger partial charge in [-0.2, -0.15) is 17.5 Å². The molecule has 1 aromatic carbocycles. The Morgan fingerprint density at radius 1 is 1.14 bits per heavy atom. The van der Waals surface area contributed by atoms with E-state index in [1.807, 2.05) is 5.32 Å². The van der Waals surface area contributed by atoms with E-state index in [2.05, 4.69) is 5.32 Å². The van der Waals surface area contributed by atoms with Crippen LogP contribution in [0.5, 0.6) is 0 Å². The molecule has 0 aromatic heterocycles. The Morgan fingerprint density at radius 2 is 1.75 bits per heavy atom. The van der Waals surface area contributed by atoms with E-state index in [0.717, 1.165) is 0 Å². The first-order valence-corrected chi connectivity index (χ1v) is 10.5. The van der Waals surface area contributed by atoms with Crippen molar-refractivity contribution in [1.82, 2.24) is 14.9 Å². The number of carbonyl (C=O) groups excluding carboxylic acids is 1. The minimum atomic E-state index is -4.49. The van der Waals surface area contributed by atoms with Gasteiger partial charge in [-0.1, -0.05) is 24.3 Å². The third-order valence-corrected chi connectivity index (χ3v) is 6.73. The fourth-order valence-electron chi connectivity index (χ4n) is 3.02. The molecule has 0 atom stereocenters. The fraction of sp³-hybridized carbons (Fsp3) is 0.588. The maximum Gasteiger partial charge on any atom is 0.411 e. The average molecular weight is 421 g/mol. The van der Waals surface area contributed by atoms with Gasteiger partial charge in [0, 0.05) is 19.6 Å². The number of halogens is 3. The molecule has 7 nitrogen and oxygen atoms in total. The number of urea groups is 1. The van der Waals surface area contributed by atoms with E-state index in [-0.39, 0.29) is 38.2 Å². The molecule has 0 radical (unpaired) electrons. The van der Waals surface area contributed by atoms with Crippen molar-refractivity contribution in [3.8, 4) is 0 Å². The van der Waals surface area contributed by atoms with Crippen LogP contribution < -0.4 is 10.6 Å². The standard InChI is InChI=1S/C17H22F3N3O4S/c18-17(19,20)16(5-6-16)22-15(24)21-11-13-3-1-2-4-14(13)12-28(25,26)23-7-9-27-10-8-23/h1-4H,5-12H2,(H2,21,22,24). The maximum atomic E-state index is 12.9. The summed E-state index contributed by atoms with van der Waals surface area (Å²) in [5.41, 5.74) is -1.12. The van der Waals surface area contributed by atoms with E-state index in [1.165, 1.54) is 4.31 Å². The van der Waals surface area contributed by atoms with Crippen molar-refractivity contribution >= 4 is 16.1 Å². The van der Waals surface area contributed by atoms with Crippen molar-refractivity contribution in [2.75, 3.05) is 26.3 Å². The SMILES string of the molecule is O=C(NCc1ccccc1CS(=O)(=O)N1CCOCC1)NC1(C(F)(F)F)CC1. The molecule has 1 saturated carbocycles. The van der Waals surface area contributed by atoms with Crippen LogP contribution in [0.25, 0.3) is 0 Å². The van der Waals surface area contributed by atoms with Gasteiger partial charge in [0.05, 0.1) is 19.0 Å². The molecule has 0 unspecified atom stereocenters. The lowest BCUT2D eigenvalue weighted by molar-refractivity contribution is -0.162. The van der Waals surface area contributed by atoms with E-state index in [0.29, 0.717) is 24.3 Å². The predicted molar refractivity (Wildman–Crippen MR) is 94.8 cm³/mol. The minimum Gasteiger partial charge on any atom is -0.379 e. The van der Waals surface area contributed by atoms with Gasteiger partial charge in [0.1, 0.15) is 5.54 Å². The molecule has 1 aliphatic heterocycles. The first-order chi connectivity index (χ1) is 13.1. The summed E-state index contributed by atoms with van der Waals surface area (Å²) in [4.78, 5) is 11.9. The lowest BCUT2D eigenvalue weighted by atomic mass is 10.1. The first kappa shape index (κ1) is 20.9. The molecule has 2 amide bonds. The van der Waals surface area contributed by atoms with E-state index in [1.54, 1.807) is 24.3 Å². The Morgan fingerprint density at radius 3 is 2.32 bits per heavy atom. The van der Waals surface area contributed by atoms with Crippen LogP contribution in [-0.4, -0.2) is 56.8 Å². The Kier molecular flexibility index (Phi) is 5.87. The summed E-state index contributed by atoms with van der Waals surface area (Å²) >= 11 is 0. The number of carbonyl (C=O) groups is 1. The molecular formula is C17H22F3N3O4S. The highest BCUT2D eigenvalue weighted by atomic mass is 32.2. The zero-order chi connectivity index (χ0) is 20.4. The molecule has 1 aromatic rings. The number of rotatable bonds is 6. The molecule has 156 valence electrons. The fourth-order valence-corrected chi connectivity index (χ4v) is 4.59. The molecular weight excluding hydrogens is 399 g/mol. The monoisotopic (exact) mass is 421 g/mol. The zero-order valence-electron chi connectivity index (χ0n) is 15.1. The van der Waals surface area contributed by atoms with Gasteiger partial charge < -0.3 is 15.4 Å². The highest BCUT2D eigenvalue weighted by molar-refractivity contribution is 7.88. The number of hydrogen-bond acceptors (Lipinski definition) is 4. The number of alkyl halides is 3. The molecule has 2 fully saturated rings. The van der Waals surface area contributed by atoms with Crippen molar-refractivity contribution in [1.29, 1.82) is 0 Å². The lowest BCUT2D eigenvalue weighted by Crippen LogP contribution is -2.51. The molecule has 0 bridgehead atoms. The molecule has 0 spiro atoms.